The second kappa shape index (κ2) is 10.3. The van der Waals surface area contributed by atoms with Crippen molar-refractivity contribution in [3.05, 3.63) is 64.3 Å². The number of carbonyl (C=O) groups excluding carboxylic acids is 1. The average Bonchev–Trinajstić information content (AvgIpc) is 2.88. The van der Waals surface area contributed by atoms with Crippen LogP contribution in [0.3, 0.4) is 0 Å². The third kappa shape index (κ3) is 5.13. The Labute approximate surface area is 209 Å². The number of piperazine rings is 1. The van der Waals surface area contributed by atoms with Gasteiger partial charge in [-0.15, -0.1) is 0 Å². The van der Waals surface area contributed by atoms with Gasteiger partial charge in [-0.1, -0.05) is 17.7 Å². The Kier molecular flexibility index (Phi) is 6.92. The molecule has 1 aromatic carbocycles. The molecule has 1 saturated heterocycles. The molecule has 0 bridgehead atoms. The Morgan fingerprint density at radius 3 is 2.71 bits per heavy atom. The summed E-state index contributed by atoms with van der Waals surface area (Å²) >= 11 is 6.81. The van der Waals surface area contributed by atoms with Gasteiger partial charge in [0.05, 0.1) is 10.5 Å². The second-order valence-electron chi connectivity index (χ2n) is 9.29. The number of carboxylic acids is 1. The third-order valence-electron chi connectivity index (χ3n) is 7.08. The Morgan fingerprint density at radius 2 is 1.97 bits per heavy atom. The van der Waals surface area contributed by atoms with Gasteiger partial charge in [0.25, 0.3) is 5.91 Å². The molecule has 1 atom stereocenters. The van der Waals surface area contributed by atoms with Crippen LogP contribution in [0.2, 0.25) is 5.02 Å². The topological polar surface area (TPSA) is 99.5 Å². The lowest BCUT2D eigenvalue weighted by atomic mass is 9.84. The Hall–Kier alpha value is -3.10. The van der Waals surface area contributed by atoms with E-state index in [0.717, 1.165) is 71.8 Å². The highest BCUT2D eigenvalue weighted by Crippen LogP contribution is 2.37. The summed E-state index contributed by atoms with van der Waals surface area (Å²) in [6.45, 7) is 3.50. The maximum absolute atomic E-state index is 13.2. The molecule has 3 heterocycles. The van der Waals surface area contributed by atoms with E-state index in [-0.39, 0.29) is 18.2 Å². The lowest BCUT2D eigenvalue weighted by Crippen LogP contribution is -2.48. The standard InChI is InChI=1S/C26H28ClN5O3/c27-25-19-5-3-17(21-7-8-28-16-29-21)14-22(19)30-23-15-18(4-6-20(23)25)26(35)32-12-10-31(11-13-32)9-1-2-24(33)34/h4,6-8,15-17H,1-3,5,9-14H2,(H,33,34). The summed E-state index contributed by atoms with van der Waals surface area (Å²) in [5.74, 6) is -0.496. The van der Waals surface area contributed by atoms with E-state index in [0.29, 0.717) is 25.1 Å². The summed E-state index contributed by atoms with van der Waals surface area (Å²) in [6, 6.07) is 7.57. The fourth-order valence-electron chi connectivity index (χ4n) is 5.13. The molecule has 2 aromatic heterocycles. The minimum Gasteiger partial charge on any atom is -0.481 e. The Balaban J connectivity index is 1.31. The van der Waals surface area contributed by atoms with Gasteiger partial charge in [0, 0.05) is 67.1 Å². The van der Waals surface area contributed by atoms with Crippen LogP contribution < -0.4 is 0 Å². The largest absolute Gasteiger partial charge is 0.481 e. The molecule has 5 rings (SSSR count). The third-order valence-corrected chi connectivity index (χ3v) is 7.51. The second-order valence-corrected chi connectivity index (χ2v) is 9.67. The monoisotopic (exact) mass is 493 g/mol. The summed E-state index contributed by atoms with van der Waals surface area (Å²) in [5, 5.41) is 10.4. The van der Waals surface area contributed by atoms with E-state index in [1.807, 2.05) is 29.2 Å². The van der Waals surface area contributed by atoms with Gasteiger partial charge in [0.2, 0.25) is 0 Å². The van der Waals surface area contributed by atoms with E-state index in [1.54, 1.807) is 12.5 Å². The number of aliphatic carboxylic acids is 1. The van der Waals surface area contributed by atoms with Crippen molar-refractivity contribution in [1.82, 2.24) is 24.8 Å². The van der Waals surface area contributed by atoms with Gasteiger partial charge in [-0.3, -0.25) is 19.5 Å². The predicted octanol–water partition coefficient (Wildman–Crippen LogP) is 3.57. The number of fused-ring (bicyclic) bond motifs is 2. The minimum atomic E-state index is -0.769. The zero-order chi connectivity index (χ0) is 24.4. The first-order valence-electron chi connectivity index (χ1n) is 12.1. The predicted molar refractivity (Wildman–Crippen MR) is 133 cm³/mol. The van der Waals surface area contributed by atoms with E-state index in [4.69, 9.17) is 21.7 Å². The average molecular weight is 494 g/mol. The molecule has 35 heavy (non-hydrogen) atoms. The van der Waals surface area contributed by atoms with E-state index in [2.05, 4.69) is 14.9 Å². The van der Waals surface area contributed by atoms with Crippen molar-refractivity contribution in [3.8, 4) is 0 Å². The number of carbonyl (C=O) groups is 2. The Bertz CT molecular complexity index is 1240. The fourth-order valence-corrected chi connectivity index (χ4v) is 5.49. The van der Waals surface area contributed by atoms with Gasteiger partial charge in [-0.05, 0) is 56.0 Å². The van der Waals surface area contributed by atoms with Gasteiger partial charge >= 0.3 is 5.97 Å². The summed E-state index contributed by atoms with van der Waals surface area (Å²) in [4.78, 5) is 41.4. The van der Waals surface area contributed by atoms with Gasteiger partial charge < -0.3 is 10.0 Å². The molecule has 2 aliphatic rings. The highest BCUT2D eigenvalue weighted by molar-refractivity contribution is 6.36. The van der Waals surface area contributed by atoms with Crippen LogP contribution in [0.25, 0.3) is 10.9 Å². The van der Waals surface area contributed by atoms with Gasteiger partial charge in [0.1, 0.15) is 6.33 Å². The molecular weight excluding hydrogens is 466 g/mol. The number of hydrogen-bond donors (Lipinski definition) is 1. The normalized spacial score (nSPS) is 18.4. The number of halogens is 1. The van der Waals surface area contributed by atoms with Crippen LogP contribution in [0.15, 0.2) is 36.8 Å². The summed E-state index contributed by atoms with van der Waals surface area (Å²) in [5.41, 5.74) is 4.47. The molecular formula is C26H28ClN5O3. The number of nitrogens with zero attached hydrogens (tertiary/aromatic N) is 5. The van der Waals surface area contributed by atoms with Crippen molar-refractivity contribution in [2.75, 3.05) is 32.7 Å². The van der Waals surface area contributed by atoms with Crippen LogP contribution in [0.5, 0.6) is 0 Å². The lowest BCUT2D eigenvalue weighted by molar-refractivity contribution is -0.137. The van der Waals surface area contributed by atoms with Crippen molar-refractivity contribution in [2.24, 2.45) is 0 Å². The highest BCUT2D eigenvalue weighted by atomic mass is 35.5. The molecule has 1 amide bonds. The molecule has 1 N–H and O–H groups in total. The van der Waals surface area contributed by atoms with Crippen LogP contribution in [-0.2, 0) is 17.6 Å². The summed E-state index contributed by atoms with van der Waals surface area (Å²) < 4.78 is 0. The van der Waals surface area contributed by atoms with E-state index >= 15 is 0 Å². The Morgan fingerprint density at radius 1 is 1.14 bits per heavy atom. The van der Waals surface area contributed by atoms with E-state index in [9.17, 15) is 9.59 Å². The van der Waals surface area contributed by atoms with Crippen LogP contribution >= 0.6 is 11.6 Å². The molecule has 1 aliphatic carbocycles. The molecule has 8 nitrogen and oxygen atoms in total. The maximum atomic E-state index is 13.2. The number of pyridine rings is 1. The molecule has 1 unspecified atom stereocenters. The quantitative estimate of drug-likeness (QED) is 0.560. The van der Waals surface area contributed by atoms with Gasteiger partial charge in [-0.25, -0.2) is 9.97 Å². The van der Waals surface area contributed by atoms with Crippen LogP contribution in [0.1, 0.15) is 52.5 Å². The number of hydrogen-bond acceptors (Lipinski definition) is 6. The lowest BCUT2D eigenvalue weighted by Gasteiger charge is -2.34. The first kappa shape index (κ1) is 23.6. The molecule has 1 fully saturated rings. The molecule has 0 radical (unpaired) electrons. The van der Waals surface area contributed by atoms with Gasteiger partial charge in [-0.2, -0.15) is 0 Å². The minimum absolute atomic E-state index is 0.00779. The van der Waals surface area contributed by atoms with Crippen LogP contribution in [-0.4, -0.2) is 74.5 Å². The molecule has 0 saturated carbocycles. The van der Waals surface area contributed by atoms with E-state index < -0.39 is 5.97 Å². The zero-order valence-corrected chi connectivity index (χ0v) is 20.2. The molecule has 182 valence electrons. The highest BCUT2D eigenvalue weighted by Gasteiger charge is 2.26. The molecule has 9 heteroatoms. The summed E-state index contributed by atoms with van der Waals surface area (Å²) in [7, 11) is 0. The van der Waals surface area contributed by atoms with Gasteiger partial charge in [0.15, 0.2) is 0 Å². The zero-order valence-electron chi connectivity index (χ0n) is 19.5. The number of benzene rings is 1. The van der Waals surface area contributed by atoms with E-state index in [1.165, 1.54) is 0 Å². The SMILES string of the molecule is O=C(O)CCCN1CCN(C(=O)c2ccc3c(Cl)c4c(nc3c2)CC(c2ccncn2)CC4)CC1. The smallest absolute Gasteiger partial charge is 0.303 e. The first-order chi connectivity index (χ1) is 17.0. The number of aromatic nitrogens is 3. The van der Waals surface area contributed by atoms with Crippen LogP contribution in [0.4, 0.5) is 0 Å². The number of carboxylic acid groups (broad SMARTS) is 1. The van der Waals surface area contributed by atoms with Crippen molar-refractivity contribution in [3.63, 3.8) is 0 Å². The van der Waals surface area contributed by atoms with Crippen molar-refractivity contribution in [2.45, 2.75) is 38.0 Å². The molecule has 1 aliphatic heterocycles. The fraction of sp³-hybridized carbons (Fsp3) is 0.423. The first-order valence-corrected chi connectivity index (χ1v) is 12.5. The van der Waals surface area contributed by atoms with Crippen molar-refractivity contribution in [1.29, 1.82) is 0 Å². The molecule has 0 spiro atoms. The number of amides is 1. The summed E-state index contributed by atoms with van der Waals surface area (Å²) in [6.07, 6.45) is 6.74. The number of rotatable bonds is 6. The van der Waals surface area contributed by atoms with Crippen LogP contribution in [0, 0.1) is 0 Å². The maximum Gasteiger partial charge on any atom is 0.303 e. The van der Waals surface area contributed by atoms with Crippen molar-refractivity contribution < 1.29 is 14.7 Å². The molecule has 3 aromatic rings. The van der Waals surface area contributed by atoms with Crippen molar-refractivity contribution >= 4 is 34.4 Å².